The number of carbonyl (C=O) groups is 2. The van der Waals surface area contributed by atoms with Crippen LogP contribution in [0.5, 0.6) is 34.5 Å². The molecular formula is C30H22O8. The summed E-state index contributed by atoms with van der Waals surface area (Å²) in [5, 5.41) is 39.9. The fourth-order valence-electron chi connectivity index (χ4n) is 5.59. The van der Waals surface area contributed by atoms with Crippen LogP contribution in [0, 0.1) is 11.8 Å². The van der Waals surface area contributed by atoms with Crippen LogP contribution in [0.2, 0.25) is 0 Å². The number of ether oxygens (including phenoxy) is 2. The van der Waals surface area contributed by atoms with E-state index in [1.807, 2.05) is 0 Å². The predicted octanol–water partition coefficient (Wildman–Crippen LogP) is 4.54. The van der Waals surface area contributed by atoms with Gasteiger partial charge in [0, 0.05) is 35.1 Å². The summed E-state index contributed by atoms with van der Waals surface area (Å²) in [7, 11) is 0. The van der Waals surface area contributed by atoms with E-state index in [4.69, 9.17) is 9.47 Å². The van der Waals surface area contributed by atoms with Crippen molar-refractivity contribution in [3.05, 3.63) is 107 Å². The Balaban J connectivity index is 1.58. The van der Waals surface area contributed by atoms with E-state index < -0.39 is 35.6 Å². The molecule has 4 aromatic carbocycles. The summed E-state index contributed by atoms with van der Waals surface area (Å²) >= 11 is 0. The molecule has 0 spiro atoms. The molecule has 4 N–H and O–H groups in total. The Labute approximate surface area is 217 Å². The number of benzene rings is 4. The van der Waals surface area contributed by atoms with E-state index >= 15 is 0 Å². The third-order valence-electron chi connectivity index (χ3n) is 7.24. The molecule has 2 aliphatic rings. The molecule has 0 radical (unpaired) electrons. The molecule has 0 amide bonds. The molecule has 0 bridgehead atoms. The maximum atomic E-state index is 13.7. The van der Waals surface area contributed by atoms with E-state index in [0.29, 0.717) is 22.3 Å². The summed E-state index contributed by atoms with van der Waals surface area (Å²) in [4.78, 5) is 27.4. The van der Waals surface area contributed by atoms with E-state index in [0.717, 1.165) is 0 Å². The first-order valence-electron chi connectivity index (χ1n) is 12.0. The second-order valence-corrected chi connectivity index (χ2v) is 9.48. The van der Waals surface area contributed by atoms with Gasteiger partial charge in [-0.2, -0.15) is 0 Å². The van der Waals surface area contributed by atoms with Gasteiger partial charge in [0.2, 0.25) is 0 Å². The van der Waals surface area contributed by atoms with Crippen molar-refractivity contribution in [3.63, 3.8) is 0 Å². The Bertz CT molecular complexity index is 1440. The van der Waals surface area contributed by atoms with Crippen LogP contribution in [-0.2, 0) is 9.59 Å². The number of hydrogen-bond donors (Lipinski definition) is 4. The highest BCUT2D eigenvalue weighted by atomic mass is 16.5. The monoisotopic (exact) mass is 510 g/mol. The Hall–Kier alpha value is -4.98. The van der Waals surface area contributed by atoms with Crippen molar-refractivity contribution >= 4 is 11.9 Å². The topological polar surface area (TPSA) is 134 Å². The molecule has 2 aliphatic heterocycles. The largest absolute Gasteiger partial charge is 0.508 e. The summed E-state index contributed by atoms with van der Waals surface area (Å²) in [5.74, 6) is -4.51. The van der Waals surface area contributed by atoms with Gasteiger partial charge in [0.25, 0.3) is 0 Å². The number of hydrogen-bond acceptors (Lipinski definition) is 8. The number of esters is 2. The summed E-state index contributed by atoms with van der Waals surface area (Å²) < 4.78 is 11.4. The number of aromatic hydroxyl groups is 4. The number of phenolic OH excluding ortho intramolecular Hbond substituents is 4. The number of rotatable bonds is 3. The van der Waals surface area contributed by atoms with Gasteiger partial charge in [-0.3, -0.25) is 9.59 Å². The lowest BCUT2D eigenvalue weighted by atomic mass is 9.65. The molecule has 38 heavy (non-hydrogen) atoms. The lowest BCUT2D eigenvalue weighted by Crippen LogP contribution is -2.46. The molecule has 8 nitrogen and oxygen atoms in total. The maximum absolute atomic E-state index is 13.7. The molecule has 4 unspecified atom stereocenters. The van der Waals surface area contributed by atoms with E-state index in [9.17, 15) is 30.0 Å². The lowest BCUT2D eigenvalue weighted by Gasteiger charge is -2.41. The smallest absolute Gasteiger partial charge is 0.316 e. The van der Waals surface area contributed by atoms with Gasteiger partial charge >= 0.3 is 11.9 Å². The fraction of sp³-hybridized carbons (Fsp3) is 0.133. The van der Waals surface area contributed by atoms with Gasteiger partial charge in [0.05, 0.1) is 11.8 Å². The second kappa shape index (κ2) is 8.85. The van der Waals surface area contributed by atoms with Crippen molar-refractivity contribution in [3.8, 4) is 34.5 Å². The van der Waals surface area contributed by atoms with Crippen molar-refractivity contribution in [1.82, 2.24) is 0 Å². The molecule has 8 heteroatoms. The van der Waals surface area contributed by atoms with Crippen molar-refractivity contribution in [2.24, 2.45) is 11.8 Å². The highest BCUT2D eigenvalue weighted by Gasteiger charge is 2.52. The zero-order valence-corrected chi connectivity index (χ0v) is 19.8. The first-order chi connectivity index (χ1) is 18.3. The average molecular weight is 510 g/mol. The molecule has 2 heterocycles. The van der Waals surface area contributed by atoms with Crippen LogP contribution in [-0.4, -0.2) is 32.4 Å². The zero-order valence-electron chi connectivity index (χ0n) is 19.8. The SMILES string of the molecule is O=C1Oc2cc(O)ccc2C(c2ccc(O)cc2)C1C1C(=O)Oc2cc(O)ccc2C1c1ccc(O)cc1. The van der Waals surface area contributed by atoms with Crippen molar-refractivity contribution in [1.29, 1.82) is 0 Å². The Morgan fingerprint density at radius 1 is 0.474 bits per heavy atom. The molecule has 4 atom stereocenters. The second-order valence-electron chi connectivity index (χ2n) is 9.48. The normalized spacial score (nSPS) is 22.1. The fourth-order valence-corrected chi connectivity index (χ4v) is 5.59. The van der Waals surface area contributed by atoms with E-state index in [1.165, 1.54) is 48.5 Å². The summed E-state index contributed by atoms with van der Waals surface area (Å²) in [6.07, 6.45) is 0. The highest BCUT2D eigenvalue weighted by molar-refractivity contribution is 5.90. The van der Waals surface area contributed by atoms with Crippen LogP contribution < -0.4 is 9.47 Å². The minimum absolute atomic E-state index is 0.0439. The average Bonchev–Trinajstić information content (AvgIpc) is 2.88. The van der Waals surface area contributed by atoms with Gasteiger partial charge in [-0.15, -0.1) is 0 Å². The first kappa shape index (κ1) is 23.4. The van der Waals surface area contributed by atoms with Gasteiger partial charge in [-0.05, 0) is 47.5 Å². The van der Waals surface area contributed by atoms with Crippen molar-refractivity contribution in [2.75, 3.05) is 0 Å². The van der Waals surface area contributed by atoms with Gasteiger partial charge in [0.1, 0.15) is 34.5 Å². The first-order valence-corrected chi connectivity index (χ1v) is 12.0. The molecule has 0 aromatic heterocycles. The van der Waals surface area contributed by atoms with Crippen LogP contribution in [0.3, 0.4) is 0 Å². The summed E-state index contributed by atoms with van der Waals surface area (Å²) in [6, 6.07) is 21.7. The van der Waals surface area contributed by atoms with Crippen LogP contribution in [0.1, 0.15) is 34.1 Å². The molecule has 0 fully saturated rings. The quantitative estimate of drug-likeness (QED) is 0.233. The number of phenols is 4. The number of fused-ring (bicyclic) bond motifs is 2. The number of carbonyl (C=O) groups excluding carboxylic acids is 2. The van der Waals surface area contributed by atoms with Gasteiger partial charge in [-0.1, -0.05) is 36.4 Å². The Kier molecular flexibility index (Phi) is 5.45. The summed E-state index contributed by atoms with van der Waals surface area (Å²) in [6.45, 7) is 0. The van der Waals surface area contributed by atoms with Crippen LogP contribution in [0.4, 0.5) is 0 Å². The Morgan fingerprint density at radius 3 is 1.18 bits per heavy atom. The molecule has 6 rings (SSSR count). The third kappa shape index (κ3) is 3.87. The molecular weight excluding hydrogens is 488 g/mol. The predicted molar refractivity (Wildman–Crippen MR) is 134 cm³/mol. The molecule has 0 saturated heterocycles. The van der Waals surface area contributed by atoms with Gasteiger partial charge < -0.3 is 29.9 Å². The molecule has 190 valence electrons. The molecule has 0 aliphatic carbocycles. The van der Waals surface area contributed by atoms with E-state index in [1.54, 1.807) is 36.4 Å². The highest BCUT2D eigenvalue weighted by Crippen LogP contribution is 2.53. The third-order valence-corrected chi connectivity index (χ3v) is 7.24. The Morgan fingerprint density at radius 2 is 0.816 bits per heavy atom. The van der Waals surface area contributed by atoms with Crippen molar-refractivity contribution < 1.29 is 39.5 Å². The van der Waals surface area contributed by atoms with Crippen LogP contribution in [0.25, 0.3) is 0 Å². The lowest BCUT2D eigenvalue weighted by molar-refractivity contribution is -0.154. The molecule has 0 saturated carbocycles. The summed E-state index contributed by atoms with van der Waals surface area (Å²) in [5.41, 5.74) is 2.49. The van der Waals surface area contributed by atoms with Crippen LogP contribution >= 0.6 is 0 Å². The molecule has 4 aromatic rings. The maximum Gasteiger partial charge on any atom is 0.316 e. The zero-order chi connectivity index (χ0) is 26.6. The van der Waals surface area contributed by atoms with E-state index in [-0.39, 0.29) is 34.5 Å². The minimum Gasteiger partial charge on any atom is -0.508 e. The minimum atomic E-state index is -1.05. The van der Waals surface area contributed by atoms with Crippen LogP contribution in [0.15, 0.2) is 84.9 Å². The van der Waals surface area contributed by atoms with Crippen molar-refractivity contribution in [2.45, 2.75) is 11.8 Å². The standard InChI is InChI=1S/C30H22O8/c31-17-5-1-15(2-6-17)25-21-11-9-19(33)13-23(21)37-29(35)27(25)28-26(16-3-7-18(32)8-4-16)22-12-10-20(34)14-24(22)38-30(28)36/h1-14,25-28,31-34H. The van der Waals surface area contributed by atoms with Gasteiger partial charge in [0.15, 0.2) is 0 Å². The van der Waals surface area contributed by atoms with Gasteiger partial charge in [-0.25, -0.2) is 0 Å². The van der Waals surface area contributed by atoms with E-state index in [2.05, 4.69) is 0 Å².